The molecule has 0 aliphatic rings. The van der Waals surface area contributed by atoms with Gasteiger partial charge in [0.25, 0.3) is 0 Å². The van der Waals surface area contributed by atoms with E-state index in [1.807, 2.05) is 14.0 Å². The molecule has 7 heteroatoms. The molecule has 0 aromatic heterocycles. The minimum Gasteiger partial charge on any atom is -0.492 e. The number of halogens is 1. The molecule has 142 valence electrons. The molecule has 2 aromatic rings. The zero-order chi connectivity index (χ0) is 19.3. The Kier molecular flexibility index (Phi) is 6.75. The Bertz CT molecular complexity index is 806. The largest absolute Gasteiger partial charge is 0.492 e. The van der Waals surface area contributed by atoms with E-state index in [0.717, 1.165) is 5.56 Å². The van der Waals surface area contributed by atoms with Crippen molar-refractivity contribution >= 4 is 10.0 Å². The Morgan fingerprint density at radius 1 is 1.00 bits per heavy atom. The molecular weight excluding hydrogens is 355 g/mol. The van der Waals surface area contributed by atoms with Gasteiger partial charge < -0.3 is 4.74 Å². The Labute approximate surface area is 155 Å². The highest BCUT2D eigenvalue weighted by molar-refractivity contribution is 7.89. The highest BCUT2D eigenvalue weighted by Gasteiger charge is 2.17. The first-order valence-corrected chi connectivity index (χ1v) is 9.77. The first-order chi connectivity index (χ1) is 12.2. The highest BCUT2D eigenvalue weighted by Crippen LogP contribution is 2.20. The summed E-state index contributed by atoms with van der Waals surface area (Å²) in [5.41, 5.74) is 1.03. The van der Waals surface area contributed by atoms with Gasteiger partial charge in [-0.1, -0.05) is 12.1 Å². The molecule has 0 fully saturated rings. The second-order valence-electron chi connectivity index (χ2n) is 6.32. The lowest BCUT2D eigenvalue weighted by atomic mass is 10.1. The normalized spacial score (nSPS) is 13.2. The summed E-state index contributed by atoms with van der Waals surface area (Å²) in [5.74, 6) is 0.372. The summed E-state index contributed by atoms with van der Waals surface area (Å²) in [6.45, 7) is 3.19. The fraction of sp³-hybridized carbons (Fsp3) is 0.368. The molecule has 1 unspecified atom stereocenters. The number of benzene rings is 2. The summed E-state index contributed by atoms with van der Waals surface area (Å²) >= 11 is 0. The van der Waals surface area contributed by atoms with Gasteiger partial charge in [0.15, 0.2) is 0 Å². The van der Waals surface area contributed by atoms with Gasteiger partial charge in [0, 0.05) is 26.7 Å². The van der Waals surface area contributed by atoms with E-state index in [0.29, 0.717) is 18.9 Å². The van der Waals surface area contributed by atoms with Crippen LogP contribution in [-0.2, 0) is 10.0 Å². The third kappa shape index (κ3) is 5.03. The van der Waals surface area contributed by atoms with Crippen molar-refractivity contribution in [2.24, 2.45) is 0 Å². The number of hydrogen-bond donors (Lipinski definition) is 0. The molecule has 0 amide bonds. The number of ether oxygens (including phenoxy) is 1. The molecule has 5 nitrogen and oxygen atoms in total. The third-order valence-corrected chi connectivity index (χ3v) is 6.16. The Morgan fingerprint density at radius 2 is 1.58 bits per heavy atom. The molecule has 0 saturated carbocycles. The summed E-state index contributed by atoms with van der Waals surface area (Å²) in [7, 11) is 1.54. The molecule has 0 radical (unpaired) electrons. The predicted octanol–water partition coefficient (Wildman–Crippen LogP) is 3.15. The average Bonchev–Trinajstić information content (AvgIpc) is 2.62. The maximum absolute atomic E-state index is 13.0. The van der Waals surface area contributed by atoms with Crippen LogP contribution in [0.2, 0.25) is 0 Å². The van der Waals surface area contributed by atoms with Crippen LogP contribution < -0.4 is 4.74 Å². The van der Waals surface area contributed by atoms with E-state index in [4.69, 9.17) is 4.74 Å². The third-order valence-electron chi connectivity index (χ3n) is 4.33. The van der Waals surface area contributed by atoms with Crippen molar-refractivity contribution in [3.63, 3.8) is 0 Å². The van der Waals surface area contributed by atoms with Crippen molar-refractivity contribution in [2.75, 3.05) is 34.3 Å². The van der Waals surface area contributed by atoms with Gasteiger partial charge in [-0.25, -0.2) is 17.1 Å². The first kappa shape index (κ1) is 20.4. The fourth-order valence-corrected chi connectivity index (χ4v) is 3.32. The summed E-state index contributed by atoms with van der Waals surface area (Å²) < 4.78 is 44.0. The van der Waals surface area contributed by atoms with Crippen LogP contribution in [0, 0.1) is 5.82 Å². The number of likely N-dealkylation sites (N-methyl/N-ethyl adjacent to an activating group) is 1. The van der Waals surface area contributed by atoms with E-state index in [-0.39, 0.29) is 16.8 Å². The molecule has 0 N–H and O–H groups in total. The zero-order valence-corrected chi connectivity index (χ0v) is 16.3. The monoisotopic (exact) mass is 380 g/mol. The molecule has 0 bridgehead atoms. The van der Waals surface area contributed by atoms with Gasteiger partial charge in [0.1, 0.15) is 18.2 Å². The molecule has 2 aromatic carbocycles. The maximum Gasteiger partial charge on any atom is 0.242 e. The van der Waals surface area contributed by atoms with Gasteiger partial charge in [-0.15, -0.1) is 0 Å². The summed E-state index contributed by atoms with van der Waals surface area (Å²) in [4.78, 5) is 2.34. The Balaban J connectivity index is 1.88. The van der Waals surface area contributed by atoms with E-state index >= 15 is 0 Å². The van der Waals surface area contributed by atoms with Gasteiger partial charge in [-0.3, -0.25) is 4.90 Å². The van der Waals surface area contributed by atoms with E-state index in [1.54, 1.807) is 24.3 Å². The van der Waals surface area contributed by atoms with Crippen LogP contribution in [0.5, 0.6) is 5.75 Å². The minimum atomic E-state index is -3.43. The van der Waals surface area contributed by atoms with Crippen LogP contribution in [0.15, 0.2) is 53.4 Å². The van der Waals surface area contributed by atoms with E-state index < -0.39 is 10.0 Å². The van der Waals surface area contributed by atoms with Crippen LogP contribution in [0.25, 0.3) is 0 Å². The second-order valence-corrected chi connectivity index (χ2v) is 8.47. The summed E-state index contributed by atoms with van der Waals surface area (Å²) in [6, 6.07) is 13.0. The minimum absolute atomic E-state index is 0.131. The van der Waals surface area contributed by atoms with Crippen molar-refractivity contribution in [1.82, 2.24) is 9.21 Å². The Hall–Kier alpha value is -1.96. The molecular formula is C19H25FN2O3S. The van der Waals surface area contributed by atoms with Crippen molar-refractivity contribution in [3.8, 4) is 5.75 Å². The summed E-state index contributed by atoms with van der Waals surface area (Å²) in [6.07, 6.45) is 0. The van der Waals surface area contributed by atoms with Crippen molar-refractivity contribution in [2.45, 2.75) is 17.9 Å². The lowest BCUT2D eigenvalue weighted by Crippen LogP contribution is -2.27. The van der Waals surface area contributed by atoms with Gasteiger partial charge in [-0.2, -0.15) is 0 Å². The first-order valence-electron chi connectivity index (χ1n) is 8.33. The van der Waals surface area contributed by atoms with Gasteiger partial charge in [0.05, 0.1) is 4.90 Å². The van der Waals surface area contributed by atoms with Crippen molar-refractivity contribution in [3.05, 3.63) is 59.9 Å². The van der Waals surface area contributed by atoms with Crippen molar-refractivity contribution in [1.29, 1.82) is 0 Å². The molecule has 2 rings (SSSR count). The number of nitrogens with zero attached hydrogens (tertiary/aromatic N) is 2. The predicted molar refractivity (Wildman–Crippen MR) is 100 cm³/mol. The molecule has 0 saturated heterocycles. The van der Waals surface area contributed by atoms with Crippen LogP contribution in [0.1, 0.15) is 18.5 Å². The van der Waals surface area contributed by atoms with Gasteiger partial charge >= 0.3 is 0 Å². The second kappa shape index (κ2) is 8.62. The zero-order valence-electron chi connectivity index (χ0n) is 15.5. The maximum atomic E-state index is 13.0. The summed E-state index contributed by atoms with van der Waals surface area (Å²) in [5, 5.41) is 0. The van der Waals surface area contributed by atoms with Crippen LogP contribution in [-0.4, -0.2) is 51.9 Å². The number of sulfonamides is 1. The molecule has 0 aliphatic heterocycles. The van der Waals surface area contributed by atoms with Crippen molar-refractivity contribution < 1.29 is 17.5 Å². The van der Waals surface area contributed by atoms with Gasteiger partial charge in [-0.05, 0) is 55.9 Å². The molecule has 0 spiro atoms. The Morgan fingerprint density at radius 3 is 2.12 bits per heavy atom. The lowest BCUT2D eigenvalue weighted by molar-refractivity contribution is 0.201. The standard InChI is InChI=1S/C19H25FN2O3S/c1-15(16-5-7-17(20)8-6-16)22(4)13-14-25-18-9-11-19(12-10-18)26(23,24)21(2)3/h5-12,15H,13-14H2,1-4H3. The quantitative estimate of drug-likeness (QED) is 0.706. The van der Waals surface area contributed by atoms with E-state index in [1.165, 1.54) is 42.7 Å². The van der Waals surface area contributed by atoms with Gasteiger partial charge in [0.2, 0.25) is 10.0 Å². The van der Waals surface area contributed by atoms with E-state index in [2.05, 4.69) is 4.90 Å². The topological polar surface area (TPSA) is 49.9 Å². The number of hydrogen-bond acceptors (Lipinski definition) is 4. The van der Waals surface area contributed by atoms with E-state index in [9.17, 15) is 12.8 Å². The molecule has 1 atom stereocenters. The average molecular weight is 380 g/mol. The number of rotatable bonds is 8. The van der Waals surface area contributed by atoms with Crippen LogP contribution >= 0.6 is 0 Å². The van der Waals surface area contributed by atoms with Crippen LogP contribution in [0.4, 0.5) is 4.39 Å². The van der Waals surface area contributed by atoms with Crippen LogP contribution in [0.3, 0.4) is 0 Å². The fourth-order valence-electron chi connectivity index (χ4n) is 2.42. The smallest absolute Gasteiger partial charge is 0.242 e. The lowest BCUT2D eigenvalue weighted by Gasteiger charge is -2.25. The molecule has 0 aliphatic carbocycles. The SMILES string of the molecule is CC(c1ccc(F)cc1)N(C)CCOc1ccc(S(=O)(=O)N(C)C)cc1. The molecule has 0 heterocycles. The molecule has 26 heavy (non-hydrogen) atoms. The highest BCUT2D eigenvalue weighted by atomic mass is 32.2.